The largest absolute Gasteiger partial charge is 0.484 e. The normalized spacial score (nSPS) is 13.5. The molecule has 3 aromatic heterocycles. The van der Waals surface area contributed by atoms with Crippen molar-refractivity contribution in [3.63, 3.8) is 0 Å². The molecule has 0 aromatic carbocycles. The highest BCUT2D eigenvalue weighted by Gasteiger charge is 2.30. The van der Waals surface area contributed by atoms with Crippen LogP contribution in [0.4, 0.5) is 27.6 Å². The zero-order chi connectivity index (χ0) is 26.8. The fourth-order valence-corrected chi connectivity index (χ4v) is 3.36. The van der Waals surface area contributed by atoms with Gasteiger partial charge in [0, 0.05) is 54.7 Å². The second-order valence-corrected chi connectivity index (χ2v) is 7.68. The maximum atomic E-state index is 12.5. The summed E-state index contributed by atoms with van der Waals surface area (Å²) < 4.78 is 70.5. The van der Waals surface area contributed by atoms with Gasteiger partial charge in [-0.3, -0.25) is 20.1 Å². The summed E-state index contributed by atoms with van der Waals surface area (Å²) in [6.45, 7) is 3.76. The van der Waals surface area contributed by atoms with Crippen molar-refractivity contribution in [1.29, 1.82) is 0 Å². The Morgan fingerprint density at radius 1 is 1.14 bits per heavy atom. The first-order valence-electron chi connectivity index (χ1n) is 11.1. The van der Waals surface area contributed by atoms with Gasteiger partial charge in [0.25, 0.3) is 12.3 Å². The fraction of sp³-hybridized carbons (Fsp3) is 0.333. The molecule has 198 valence electrons. The molecule has 0 spiro atoms. The van der Waals surface area contributed by atoms with Gasteiger partial charge in [-0.05, 0) is 31.2 Å². The van der Waals surface area contributed by atoms with E-state index in [0.717, 1.165) is 28.3 Å². The number of hydrogen-bond donors (Lipinski definition) is 1. The minimum absolute atomic E-state index is 0.125. The highest BCUT2D eigenvalue weighted by atomic mass is 19.4. The van der Waals surface area contributed by atoms with Crippen molar-refractivity contribution in [2.24, 2.45) is 0 Å². The van der Waals surface area contributed by atoms with Gasteiger partial charge < -0.3 is 14.4 Å². The molecule has 0 bridgehead atoms. The van der Waals surface area contributed by atoms with Crippen molar-refractivity contribution in [2.75, 3.05) is 37.8 Å². The standard InChI is InChI=1S/C17H19F2N3O2.C7H5F3N2O/c1-12-14(3-2-4-20-12)13-9-15(22-5-7-23-8-6-22)17(21-10-13)24-11-16(18)19;8-7(9,10)12-6(13)5-2-1-3-11-4-5/h2-4,9-10,16H,5-8,11H2,1H3;1-4H,(H,12,13). The van der Waals surface area contributed by atoms with Crippen molar-refractivity contribution in [1.82, 2.24) is 20.3 Å². The Labute approximate surface area is 209 Å². The Morgan fingerprint density at radius 2 is 1.86 bits per heavy atom. The molecule has 3 aromatic rings. The van der Waals surface area contributed by atoms with E-state index in [-0.39, 0.29) is 11.4 Å². The second-order valence-electron chi connectivity index (χ2n) is 7.68. The molecule has 4 rings (SSSR count). The maximum Gasteiger partial charge on any atom is 0.484 e. The number of halogens is 5. The van der Waals surface area contributed by atoms with E-state index in [4.69, 9.17) is 9.47 Å². The topological polar surface area (TPSA) is 89.5 Å². The number of aryl methyl sites for hydroxylation is 1. The van der Waals surface area contributed by atoms with Crippen LogP contribution in [-0.2, 0) is 4.74 Å². The highest BCUT2D eigenvalue weighted by molar-refractivity contribution is 5.93. The van der Waals surface area contributed by atoms with E-state index in [9.17, 15) is 26.7 Å². The summed E-state index contributed by atoms with van der Waals surface area (Å²) in [5.74, 6) is -0.983. The van der Waals surface area contributed by atoms with Crippen LogP contribution < -0.4 is 15.0 Å². The van der Waals surface area contributed by atoms with Crippen LogP contribution in [0.15, 0.2) is 55.1 Å². The van der Waals surface area contributed by atoms with Gasteiger partial charge >= 0.3 is 6.30 Å². The number of hydrogen-bond acceptors (Lipinski definition) is 7. The molecular weight excluding hydrogens is 501 g/mol. The molecular formula is C24H24F5N5O3. The smallest absolute Gasteiger partial charge is 0.470 e. The third-order valence-electron chi connectivity index (χ3n) is 5.03. The number of rotatable bonds is 6. The summed E-state index contributed by atoms with van der Waals surface area (Å²) in [5, 5.41) is 0.856. The Bertz CT molecular complexity index is 1160. The number of aromatic nitrogens is 3. The van der Waals surface area contributed by atoms with Crippen LogP contribution in [0.1, 0.15) is 16.1 Å². The number of ether oxygens (including phenoxy) is 2. The molecule has 1 N–H and O–H groups in total. The average molecular weight is 525 g/mol. The molecule has 8 nitrogen and oxygen atoms in total. The molecule has 1 aliphatic rings. The summed E-state index contributed by atoms with van der Waals surface area (Å²) in [4.78, 5) is 24.9. The molecule has 1 saturated heterocycles. The average Bonchev–Trinajstić information content (AvgIpc) is 2.88. The van der Waals surface area contributed by atoms with Gasteiger partial charge in [0.05, 0.1) is 18.8 Å². The van der Waals surface area contributed by atoms with Crippen molar-refractivity contribution in [3.8, 4) is 17.0 Å². The molecule has 37 heavy (non-hydrogen) atoms. The van der Waals surface area contributed by atoms with Gasteiger partial charge in [-0.25, -0.2) is 13.8 Å². The quantitative estimate of drug-likeness (QED) is 0.380. The van der Waals surface area contributed by atoms with Crippen LogP contribution in [0, 0.1) is 6.92 Å². The van der Waals surface area contributed by atoms with E-state index >= 15 is 0 Å². The molecule has 4 heterocycles. The zero-order valence-electron chi connectivity index (χ0n) is 19.7. The molecule has 0 atom stereocenters. The van der Waals surface area contributed by atoms with Gasteiger partial charge in [-0.15, -0.1) is 0 Å². The lowest BCUT2D eigenvalue weighted by atomic mass is 10.1. The first-order chi connectivity index (χ1) is 17.6. The monoisotopic (exact) mass is 525 g/mol. The predicted molar refractivity (Wildman–Crippen MR) is 124 cm³/mol. The Hall–Kier alpha value is -3.87. The van der Waals surface area contributed by atoms with E-state index in [2.05, 4.69) is 15.0 Å². The minimum Gasteiger partial charge on any atom is -0.470 e. The van der Waals surface area contributed by atoms with Crippen LogP contribution in [0.3, 0.4) is 0 Å². The van der Waals surface area contributed by atoms with Crippen molar-refractivity contribution >= 4 is 11.6 Å². The van der Waals surface area contributed by atoms with Gasteiger partial charge in [-0.1, -0.05) is 6.07 Å². The zero-order valence-corrected chi connectivity index (χ0v) is 19.7. The molecule has 1 amide bonds. The Kier molecular flexibility index (Phi) is 9.66. The van der Waals surface area contributed by atoms with Gasteiger partial charge in [0.1, 0.15) is 5.69 Å². The van der Waals surface area contributed by atoms with Crippen LogP contribution in [-0.4, -0.2) is 66.5 Å². The summed E-state index contributed by atoms with van der Waals surface area (Å²) in [6.07, 6.45) is -1.45. The number of pyridine rings is 3. The number of anilines is 1. The molecule has 13 heteroatoms. The van der Waals surface area contributed by atoms with E-state index in [1.807, 2.05) is 30.0 Å². The number of carbonyl (C=O) groups is 1. The minimum atomic E-state index is -4.70. The van der Waals surface area contributed by atoms with Crippen LogP contribution in [0.5, 0.6) is 5.88 Å². The molecule has 0 unspecified atom stereocenters. The Morgan fingerprint density at radius 3 is 2.49 bits per heavy atom. The second kappa shape index (κ2) is 12.9. The van der Waals surface area contributed by atoms with Crippen molar-refractivity contribution < 1.29 is 36.2 Å². The number of nitrogens with one attached hydrogen (secondary N) is 1. The number of nitrogens with zero attached hydrogens (tertiary/aromatic N) is 4. The number of morpholine rings is 1. The van der Waals surface area contributed by atoms with E-state index < -0.39 is 25.2 Å². The molecule has 1 aliphatic heterocycles. The van der Waals surface area contributed by atoms with Crippen LogP contribution in [0.2, 0.25) is 0 Å². The number of carbonyl (C=O) groups excluding carboxylic acids is 1. The molecule has 0 saturated carbocycles. The SMILES string of the molecule is Cc1ncccc1-c1cnc(OCC(F)F)c(N2CCOCC2)c1.O=C(NC(F)(F)F)c1cccnc1. The van der Waals surface area contributed by atoms with E-state index in [0.29, 0.717) is 32.0 Å². The summed E-state index contributed by atoms with van der Waals surface area (Å²) in [6, 6.07) is 8.36. The summed E-state index contributed by atoms with van der Waals surface area (Å²) in [7, 11) is 0. The Balaban J connectivity index is 0.000000248. The van der Waals surface area contributed by atoms with Crippen molar-refractivity contribution in [2.45, 2.75) is 19.6 Å². The summed E-state index contributed by atoms with van der Waals surface area (Å²) >= 11 is 0. The lowest BCUT2D eigenvalue weighted by Gasteiger charge is -2.30. The lowest BCUT2D eigenvalue weighted by molar-refractivity contribution is -0.146. The third-order valence-corrected chi connectivity index (χ3v) is 5.03. The lowest BCUT2D eigenvalue weighted by Crippen LogP contribution is -2.37. The predicted octanol–water partition coefficient (Wildman–Crippen LogP) is 4.26. The molecule has 0 radical (unpaired) electrons. The van der Waals surface area contributed by atoms with Gasteiger partial charge in [-0.2, -0.15) is 13.2 Å². The first kappa shape index (κ1) is 27.7. The molecule has 1 fully saturated rings. The van der Waals surface area contributed by atoms with Gasteiger partial charge in [0.2, 0.25) is 5.88 Å². The fourth-order valence-electron chi connectivity index (χ4n) is 3.36. The van der Waals surface area contributed by atoms with E-state index in [1.165, 1.54) is 18.3 Å². The van der Waals surface area contributed by atoms with Crippen molar-refractivity contribution in [3.05, 3.63) is 66.4 Å². The first-order valence-corrected chi connectivity index (χ1v) is 11.1. The van der Waals surface area contributed by atoms with Crippen LogP contribution >= 0.6 is 0 Å². The van der Waals surface area contributed by atoms with Crippen LogP contribution in [0.25, 0.3) is 11.1 Å². The van der Waals surface area contributed by atoms with Gasteiger partial charge in [0.15, 0.2) is 6.61 Å². The third kappa shape index (κ3) is 8.63. The highest BCUT2D eigenvalue weighted by Crippen LogP contribution is 2.32. The van der Waals surface area contributed by atoms with E-state index in [1.54, 1.807) is 12.4 Å². The maximum absolute atomic E-state index is 12.5. The molecule has 0 aliphatic carbocycles. The number of amides is 1. The number of alkyl halides is 5. The summed E-state index contributed by atoms with van der Waals surface area (Å²) in [5.41, 5.74) is 3.31.